The third-order valence-corrected chi connectivity index (χ3v) is 8.38. The van der Waals surface area contributed by atoms with E-state index in [1.165, 1.54) is 51.4 Å². The van der Waals surface area contributed by atoms with Crippen LogP contribution >= 0.6 is 0 Å². The highest BCUT2D eigenvalue weighted by molar-refractivity contribution is 5.07. The summed E-state index contributed by atoms with van der Waals surface area (Å²) in [5, 5.41) is 0. The van der Waals surface area contributed by atoms with Gasteiger partial charge in [0, 0.05) is 0 Å². The molecular formula is C19H31F. The predicted molar refractivity (Wildman–Crippen MR) is 81.2 cm³/mol. The molecule has 0 amide bonds. The van der Waals surface area contributed by atoms with Gasteiger partial charge >= 0.3 is 0 Å². The van der Waals surface area contributed by atoms with Gasteiger partial charge in [0.15, 0.2) is 0 Å². The molecule has 4 rings (SSSR count). The van der Waals surface area contributed by atoms with Crippen LogP contribution in [0.2, 0.25) is 0 Å². The van der Waals surface area contributed by atoms with Crippen LogP contribution in [-0.2, 0) is 0 Å². The quantitative estimate of drug-likeness (QED) is 0.528. The topological polar surface area (TPSA) is 0 Å². The van der Waals surface area contributed by atoms with E-state index in [1.807, 2.05) is 0 Å². The summed E-state index contributed by atoms with van der Waals surface area (Å²) in [7, 11) is 0. The Morgan fingerprint density at radius 2 is 1.70 bits per heavy atom. The summed E-state index contributed by atoms with van der Waals surface area (Å²) in [4.78, 5) is 0. The van der Waals surface area contributed by atoms with Gasteiger partial charge in [-0.3, -0.25) is 0 Å². The molecular weight excluding hydrogens is 247 g/mol. The summed E-state index contributed by atoms with van der Waals surface area (Å²) >= 11 is 0. The molecule has 4 fully saturated rings. The Hall–Kier alpha value is -0.0700. The van der Waals surface area contributed by atoms with Gasteiger partial charge in [-0.05, 0) is 92.3 Å². The fraction of sp³-hybridized carbons (Fsp3) is 1.00. The van der Waals surface area contributed by atoms with E-state index >= 15 is 0 Å². The van der Waals surface area contributed by atoms with E-state index in [0.29, 0.717) is 16.7 Å². The third-order valence-electron chi connectivity index (χ3n) is 8.38. The number of hydrogen-bond acceptors (Lipinski definition) is 0. The molecule has 0 aliphatic heterocycles. The van der Waals surface area contributed by atoms with Gasteiger partial charge in [-0.15, -0.1) is 0 Å². The molecule has 4 aliphatic rings. The highest BCUT2D eigenvalue weighted by Crippen LogP contribution is 2.66. The van der Waals surface area contributed by atoms with Gasteiger partial charge < -0.3 is 0 Å². The lowest BCUT2D eigenvalue weighted by atomic mass is 9.45. The molecule has 7 atom stereocenters. The smallest absolute Gasteiger partial charge is 0.100 e. The van der Waals surface area contributed by atoms with Crippen molar-refractivity contribution >= 4 is 0 Å². The molecule has 20 heavy (non-hydrogen) atoms. The van der Waals surface area contributed by atoms with Gasteiger partial charge in [0.2, 0.25) is 0 Å². The lowest BCUT2D eigenvalue weighted by Gasteiger charge is -2.60. The predicted octanol–water partition coefficient (Wildman–Crippen LogP) is 5.76. The summed E-state index contributed by atoms with van der Waals surface area (Å²) < 4.78 is 13.8. The van der Waals surface area contributed by atoms with Crippen molar-refractivity contribution in [1.82, 2.24) is 0 Å². The first kappa shape index (κ1) is 13.6. The second-order valence-electron chi connectivity index (χ2n) is 9.11. The zero-order valence-corrected chi connectivity index (χ0v) is 13.3. The zero-order valence-electron chi connectivity index (χ0n) is 13.3. The highest BCUT2D eigenvalue weighted by Gasteiger charge is 2.57. The normalized spacial score (nSPS) is 58.6. The van der Waals surface area contributed by atoms with E-state index in [0.717, 1.165) is 30.6 Å². The molecule has 0 N–H and O–H groups in total. The summed E-state index contributed by atoms with van der Waals surface area (Å²) in [6.45, 7) is 5.12. The number of rotatable bonds is 0. The van der Waals surface area contributed by atoms with E-state index in [-0.39, 0.29) is 0 Å². The van der Waals surface area contributed by atoms with Gasteiger partial charge in [-0.25, -0.2) is 4.39 Å². The van der Waals surface area contributed by atoms with Crippen molar-refractivity contribution in [2.24, 2.45) is 34.5 Å². The molecule has 0 saturated heterocycles. The first-order chi connectivity index (χ1) is 9.53. The Labute approximate surface area is 123 Å². The van der Waals surface area contributed by atoms with Crippen LogP contribution in [0, 0.1) is 34.5 Å². The molecule has 0 heterocycles. The molecule has 0 aromatic carbocycles. The number of alkyl halides is 1. The van der Waals surface area contributed by atoms with E-state index in [2.05, 4.69) is 13.8 Å². The van der Waals surface area contributed by atoms with Crippen LogP contribution in [0.3, 0.4) is 0 Å². The molecule has 4 aliphatic carbocycles. The van der Waals surface area contributed by atoms with Crippen molar-refractivity contribution < 1.29 is 4.39 Å². The van der Waals surface area contributed by atoms with Crippen LogP contribution in [0.4, 0.5) is 4.39 Å². The molecule has 0 aromatic rings. The third kappa shape index (κ3) is 1.77. The van der Waals surface area contributed by atoms with Crippen LogP contribution in [-0.4, -0.2) is 6.17 Å². The maximum atomic E-state index is 13.8. The molecule has 0 nitrogen and oxygen atoms in total. The standard InChI is InChI=1S/C19H31F/c1-18-9-3-4-16(18)15-6-5-13-12-14(20)7-11-19(13,2)17(15)8-10-18/h13-17H,3-12H2,1-2H3/t13?,14-,15-,16-,17-,18-,19-/m0/s1. The molecule has 114 valence electrons. The van der Waals surface area contributed by atoms with Gasteiger partial charge in [-0.2, -0.15) is 0 Å². The Morgan fingerprint density at radius 3 is 2.55 bits per heavy atom. The SMILES string of the molecule is C[C@@]12CCC[C@H]1[C@@H]1CCC3C[C@@H](F)CC[C@]3(C)[C@H]1CC2. The Kier molecular flexibility index (Phi) is 3.03. The second kappa shape index (κ2) is 4.46. The molecule has 0 aromatic heterocycles. The Morgan fingerprint density at radius 1 is 0.850 bits per heavy atom. The lowest BCUT2D eigenvalue weighted by Crippen LogP contribution is -2.52. The monoisotopic (exact) mass is 278 g/mol. The fourth-order valence-electron chi connectivity index (χ4n) is 7.20. The van der Waals surface area contributed by atoms with Crippen LogP contribution in [0.5, 0.6) is 0 Å². The minimum absolute atomic E-state index is 0.482. The number of hydrogen-bond donors (Lipinski definition) is 0. The van der Waals surface area contributed by atoms with Crippen molar-refractivity contribution in [2.75, 3.05) is 0 Å². The molecule has 4 saturated carbocycles. The van der Waals surface area contributed by atoms with Gasteiger partial charge in [-0.1, -0.05) is 20.3 Å². The van der Waals surface area contributed by atoms with Gasteiger partial charge in [0.1, 0.15) is 6.17 Å². The summed E-state index contributed by atoms with van der Waals surface area (Å²) in [5.74, 6) is 3.60. The van der Waals surface area contributed by atoms with E-state index in [4.69, 9.17) is 0 Å². The Balaban J connectivity index is 1.62. The minimum Gasteiger partial charge on any atom is -0.247 e. The number of fused-ring (bicyclic) bond motifs is 5. The van der Waals surface area contributed by atoms with Crippen LogP contribution in [0.15, 0.2) is 0 Å². The maximum Gasteiger partial charge on any atom is 0.100 e. The molecule has 0 bridgehead atoms. The maximum absolute atomic E-state index is 13.8. The van der Waals surface area contributed by atoms with Gasteiger partial charge in [0.25, 0.3) is 0 Å². The number of halogens is 1. The summed E-state index contributed by atoms with van der Waals surface area (Å²) in [6.07, 6.45) is 12.5. The van der Waals surface area contributed by atoms with Crippen molar-refractivity contribution in [3.05, 3.63) is 0 Å². The van der Waals surface area contributed by atoms with Crippen LogP contribution in [0.1, 0.15) is 78.1 Å². The largest absolute Gasteiger partial charge is 0.247 e. The lowest BCUT2D eigenvalue weighted by molar-refractivity contribution is -0.113. The van der Waals surface area contributed by atoms with E-state index in [9.17, 15) is 4.39 Å². The summed E-state index contributed by atoms with van der Waals surface area (Å²) in [5.41, 5.74) is 1.15. The van der Waals surface area contributed by atoms with E-state index < -0.39 is 6.17 Å². The summed E-state index contributed by atoms with van der Waals surface area (Å²) in [6, 6.07) is 0. The van der Waals surface area contributed by atoms with Gasteiger partial charge in [0.05, 0.1) is 0 Å². The second-order valence-corrected chi connectivity index (χ2v) is 9.11. The molecule has 0 radical (unpaired) electrons. The zero-order chi connectivity index (χ0) is 14.0. The Bertz CT molecular complexity index is 391. The first-order valence-electron chi connectivity index (χ1n) is 9.17. The average Bonchev–Trinajstić information content (AvgIpc) is 2.81. The van der Waals surface area contributed by atoms with Crippen molar-refractivity contribution in [3.8, 4) is 0 Å². The van der Waals surface area contributed by atoms with Crippen molar-refractivity contribution in [2.45, 2.75) is 84.2 Å². The molecule has 1 heteroatoms. The average molecular weight is 278 g/mol. The van der Waals surface area contributed by atoms with Crippen molar-refractivity contribution in [3.63, 3.8) is 0 Å². The highest BCUT2D eigenvalue weighted by atomic mass is 19.1. The molecule has 0 spiro atoms. The first-order valence-corrected chi connectivity index (χ1v) is 9.17. The van der Waals surface area contributed by atoms with Crippen molar-refractivity contribution in [1.29, 1.82) is 0 Å². The fourth-order valence-corrected chi connectivity index (χ4v) is 7.20. The molecule has 1 unspecified atom stereocenters. The van der Waals surface area contributed by atoms with Crippen LogP contribution < -0.4 is 0 Å². The van der Waals surface area contributed by atoms with Crippen LogP contribution in [0.25, 0.3) is 0 Å². The minimum atomic E-state index is -0.495. The van der Waals surface area contributed by atoms with E-state index in [1.54, 1.807) is 0 Å².